The smallest absolute Gasteiger partial charge is 0.347 e. The van der Waals surface area contributed by atoms with Gasteiger partial charge in [0.25, 0.3) is 0 Å². The Labute approximate surface area is 390 Å². The molecular formula is C50H45ClFN7O6S. The molecule has 336 valence electrons. The van der Waals surface area contributed by atoms with Crippen LogP contribution in [0.5, 0.6) is 23.1 Å². The van der Waals surface area contributed by atoms with Gasteiger partial charge in [0.1, 0.15) is 53.5 Å². The van der Waals surface area contributed by atoms with E-state index >= 15 is 0 Å². The third-order valence-corrected chi connectivity index (χ3v) is 13.2. The number of aromatic nitrogens is 4. The van der Waals surface area contributed by atoms with E-state index in [2.05, 4.69) is 37.9 Å². The van der Waals surface area contributed by atoms with Gasteiger partial charge in [-0.2, -0.15) is 5.26 Å². The lowest BCUT2D eigenvalue weighted by Gasteiger charge is -2.34. The Morgan fingerprint density at radius 1 is 0.985 bits per heavy atom. The highest BCUT2D eigenvalue weighted by Crippen LogP contribution is 2.50. The maximum absolute atomic E-state index is 14.3. The number of ether oxygens (including phenoxy) is 5. The molecule has 10 rings (SSSR count). The number of esters is 1. The van der Waals surface area contributed by atoms with Crippen LogP contribution in [0.3, 0.4) is 0 Å². The van der Waals surface area contributed by atoms with Gasteiger partial charge >= 0.3 is 5.97 Å². The van der Waals surface area contributed by atoms with Crippen molar-refractivity contribution in [1.82, 2.24) is 29.7 Å². The minimum Gasteiger partial charge on any atom is -0.490 e. The Hall–Kier alpha value is -6.70. The van der Waals surface area contributed by atoms with Gasteiger partial charge in [0.15, 0.2) is 5.82 Å². The van der Waals surface area contributed by atoms with Crippen molar-refractivity contribution in [2.75, 3.05) is 53.0 Å². The van der Waals surface area contributed by atoms with Crippen LogP contribution >= 0.6 is 22.9 Å². The second kappa shape index (κ2) is 19.8. The van der Waals surface area contributed by atoms with Gasteiger partial charge in [0, 0.05) is 66.9 Å². The zero-order valence-corrected chi connectivity index (χ0v) is 38.1. The molecular weight excluding hydrogens is 881 g/mol. The van der Waals surface area contributed by atoms with Gasteiger partial charge in [-0.05, 0) is 92.2 Å². The van der Waals surface area contributed by atoms with E-state index in [1.165, 1.54) is 29.8 Å². The third kappa shape index (κ3) is 9.63. The number of nitriles is 1. The minimum absolute atomic E-state index is 0.00783. The molecule has 3 aliphatic rings. The standard InChI is InChI=1S/C50H45ClFN7O6S/c1-4-61-50(60)42-24-33-23-36(13-15-40(33)63-27-35-17-18-54-47(57-35)39-8-6-5-7-32(39)25-53)62-28-37(26-59-21-19-58(3)20-22-59)64-41-16-14-38(30(2)45(41)51)43-44-48(65-42)55-29-56-49(44)66-46(43)31-9-11-34(52)12-10-31/h5-18,23,29,37,42H,4,19-22,24,26-28H2,1-3H3/t37-,42-/m1/s1. The van der Waals surface area contributed by atoms with Crippen molar-refractivity contribution in [3.63, 3.8) is 0 Å². The number of nitrogens with zero attached hydrogens (tertiary/aromatic N) is 7. The molecule has 3 aliphatic heterocycles. The SMILES string of the molecule is CCOC(=O)[C@H]1Cc2cc(ccc2OCc2ccnc(-c3ccccc3C#N)n2)OC[C@@H](CN2CCN(C)CC2)Oc2ccc(c(C)c2Cl)-c2c(-c3ccc(F)cc3)sc3ncnc(c23)O1. The number of piperazine rings is 1. The normalized spacial score (nSPS) is 16.7. The van der Waals surface area contributed by atoms with Crippen LogP contribution in [0.15, 0.2) is 97.5 Å². The molecule has 4 aromatic carbocycles. The lowest BCUT2D eigenvalue weighted by atomic mass is 9.96. The lowest BCUT2D eigenvalue weighted by Crippen LogP contribution is -2.49. The number of likely N-dealkylation sites (N-methyl/N-ethyl adjacent to an activating group) is 1. The van der Waals surface area contributed by atoms with Gasteiger partial charge in [-0.1, -0.05) is 41.9 Å². The summed E-state index contributed by atoms with van der Waals surface area (Å²) in [5.74, 6) is 1.01. The van der Waals surface area contributed by atoms with Crippen LogP contribution in [0.1, 0.15) is 29.3 Å². The molecule has 0 aliphatic carbocycles. The summed E-state index contributed by atoms with van der Waals surface area (Å²) in [6.07, 6.45) is 1.36. The van der Waals surface area contributed by atoms with Gasteiger partial charge < -0.3 is 28.6 Å². The number of fused-ring (bicyclic) bond motifs is 7. The fourth-order valence-corrected chi connectivity index (χ4v) is 9.48. The summed E-state index contributed by atoms with van der Waals surface area (Å²) in [4.78, 5) is 38.5. The van der Waals surface area contributed by atoms with Gasteiger partial charge in [-0.25, -0.2) is 29.1 Å². The summed E-state index contributed by atoms with van der Waals surface area (Å²) >= 11 is 8.67. The predicted octanol–water partition coefficient (Wildman–Crippen LogP) is 8.97. The molecule has 0 spiro atoms. The van der Waals surface area contributed by atoms with Gasteiger partial charge in [0.05, 0.1) is 34.3 Å². The van der Waals surface area contributed by atoms with Crippen molar-refractivity contribution in [1.29, 1.82) is 5.26 Å². The zero-order chi connectivity index (χ0) is 45.7. The monoisotopic (exact) mass is 925 g/mol. The molecule has 13 nitrogen and oxygen atoms in total. The third-order valence-electron chi connectivity index (χ3n) is 11.6. The molecule has 1 fully saturated rings. The van der Waals surface area contributed by atoms with Gasteiger partial charge in [-0.15, -0.1) is 11.3 Å². The predicted molar refractivity (Wildman–Crippen MR) is 250 cm³/mol. The van der Waals surface area contributed by atoms with Crippen molar-refractivity contribution >= 4 is 39.1 Å². The summed E-state index contributed by atoms with van der Waals surface area (Å²) in [5, 5.41) is 10.7. The van der Waals surface area contributed by atoms with E-state index in [1.54, 1.807) is 55.6 Å². The number of hydrogen-bond donors (Lipinski definition) is 0. The molecule has 6 heterocycles. The summed E-state index contributed by atoms with van der Waals surface area (Å²) in [6.45, 7) is 8.15. The van der Waals surface area contributed by atoms with Gasteiger partial charge in [-0.3, -0.25) is 4.90 Å². The van der Waals surface area contributed by atoms with Crippen molar-refractivity contribution in [2.24, 2.45) is 0 Å². The highest BCUT2D eigenvalue weighted by molar-refractivity contribution is 7.22. The van der Waals surface area contributed by atoms with E-state index in [9.17, 15) is 14.4 Å². The first-order chi connectivity index (χ1) is 32.1. The molecule has 0 amide bonds. The first kappa shape index (κ1) is 44.5. The number of benzene rings is 4. The van der Waals surface area contributed by atoms with Crippen LogP contribution in [0.4, 0.5) is 4.39 Å². The highest BCUT2D eigenvalue weighted by atomic mass is 35.5. The van der Waals surface area contributed by atoms with Crippen LogP contribution in [0.2, 0.25) is 5.02 Å². The number of carbonyl (C=O) groups excluding carboxylic acids is 1. The fourth-order valence-electron chi connectivity index (χ4n) is 8.11. The first-order valence-electron chi connectivity index (χ1n) is 21.6. The molecule has 2 atom stereocenters. The van der Waals surface area contributed by atoms with Crippen molar-refractivity contribution in [3.05, 3.63) is 131 Å². The van der Waals surface area contributed by atoms with Crippen LogP contribution in [-0.4, -0.2) is 101 Å². The lowest BCUT2D eigenvalue weighted by molar-refractivity contribution is -0.151. The van der Waals surface area contributed by atoms with Crippen molar-refractivity contribution < 1.29 is 32.9 Å². The summed E-state index contributed by atoms with van der Waals surface area (Å²) in [7, 11) is 2.12. The largest absolute Gasteiger partial charge is 0.490 e. The van der Waals surface area contributed by atoms with E-state index < -0.39 is 18.2 Å². The number of carbonyl (C=O) groups is 1. The van der Waals surface area contributed by atoms with Crippen LogP contribution in [-0.2, 0) is 22.6 Å². The molecule has 0 unspecified atom stereocenters. The summed E-state index contributed by atoms with van der Waals surface area (Å²) in [5.41, 5.74) is 5.16. The molecule has 0 N–H and O–H groups in total. The average Bonchev–Trinajstić information content (AvgIpc) is 3.72. The van der Waals surface area contributed by atoms with Crippen molar-refractivity contribution in [3.8, 4) is 62.2 Å². The van der Waals surface area contributed by atoms with E-state index in [-0.39, 0.29) is 37.9 Å². The number of hydrogen-bond acceptors (Lipinski definition) is 14. The molecule has 4 bridgehead atoms. The van der Waals surface area contributed by atoms with Crippen LogP contribution in [0, 0.1) is 24.1 Å². The number of rotatable bonds is 9. The maximum atomic E-state index is 14.3. The quantitative estimate of drug-likeness (QED) is 0.127. The first-order valence-corrected chi connectivity index (χ1v) is 22.8. The van der Waals surface area contributed by atoms with Crippen LogP contribution in [0.25, 0.3) is 43.2 Å². The number of thiophene rings is 1. The Kier molecular flexibility index (Phi) is 13.4. The molecule has 16 heteroatoms. The average molecular weight is 926 g/mol. The van der Waals surface area contributed by atoms with E-state index in [0.29, 0.717) is 72.8 Å². The Morgan fingerprint density at radius 3 is 2.61 bits per heavy atom. The second-order valence-corrected chi connectivity index (χ2v) is 17.4. The maximum Gasteiger partial charge on any atom is 0.347 e. The Morgan fingerprint density at radius 2 is 1.80 bits per heavy atom. The van der Waals surface area contributed by atoms with E-state index in [4.69, 9.17) is 40.3 Å². The minimum atomic E-state index is -1.22. The molecule has 7 aromatic rings. The second-order valence-electron chi connectivity index (χ2n) is 16.0. The summed E-state index contributed by atoms with van der Waals surface area (Å²) in [6, 6.07) is 26.6. The molecule has 66 heavy (non-hydrogen) atoms. The molecule has 0 saturated carbocycles. The highest BCUT2D eigenvalue weighted by Gasteiger charge is 2.31. The van der Waals surface area contributed by atoms with E-state index in [1.807, 2.05) is 37.3 Å². The zero-order valence-electron chi connectivity index (χ0n) is 36.5. The topological polar surface area (TPSA) is 145 Å². The Balaban J connectivity index is 1.15. The van der Waals surface area contributed by atoms with Crippen molar-refractivity contribution in [2.45, 2.75) is 39.1 Å². The Bertz CT molecular complexity index is 2940. The van der Waals surface area contributed by atoms with Crippen LogP contribution < -0.4 is 18.9 Å². The fraction of sp³-hybridized carbons (Fsp3) is 0.280. The summed E-state index contributed by atoms with van der Waals surface area (Å²) < 4.78 is 46.5. The van der Waals surface area contributed by atoms with Gasteiger partial charge in [0.2, 0.25) is 12.0 Å². The number of halogens is 2. The van der Waals surface area contributed by atoms with E-state index in [0.717, 1.165) is 47.7 Å². The molecule has 3 aromatic heterocycles. The molecule has 1 saturated heterocycles. The molecule has 0 radical (unpaired) electrons.